The summed E-state index contributed by atoms with van der Waals surface area (Å²) in [6, 6.07) is 15.3. The van der Waals surface area contributed by atoms with Gasteiger partial charge in [-0.1, -0.05) is 0 Å². The quantitative estimate of drug-likeness (QED) is 0.827. The van der Waals surface area contributed by atoms with Gasteiger partial charge in [0.05, 0.1) is 11.6 Å². The molecule has 0 atom stereocenters. The Morgan fingerprint density at radius 1 is 1.00 bits per heavy atom. The molecule has 0 radical (unpaired) electrons. The highest BCUT2D eigenvalue weighted by Gasteiger charge is 2.01. The van der Waals surface area contributed by atoms with Gasteiger partial charge in [-0.3, -0.25) is 4.79 Å². The fourth-order valence-corrected chi connectivity index (χ4v) is 1.67. The van der Waals surface area contributed by atoms with E-state index in [1.807, 2.05) is 6.07 Å². The Morgan fingerprint density at radius 2 is 1.57 bits per heavy atom. The van der Waals surface area contributed by atoms with Crippen molar-refractivity contribution in [2.24, 2.45) is 0 Å². The molecule has 0 saturated carbocycles. The fraction of sp³-hybridized carbons (Fsp3) is 0. The number of carbonyl (C=O) groups excluding carboxylic acids is 1. The molecule has 0 unspecified atom stereocenters. The predicted octanol–water partition coefficient (Wildman–Crippen LogP) is 2.93. The minimum Gasteiger partial charge on any atom is -0.478 e. The van der Waals surface area contributed by atoms with Gasteiger partial charge in [0.1, 0.15) is 11.5 Å². The molecule has 2 aromatic carbocycles. The first-order valence-corrected chi connectivity index (χ1v) is 6.57. The summed E-state index contributed by atoms with van der Waals surface area (Å²) in [6.07, 6.45) is 1.70. The van der Waals surface area contributed by atoms with Crippen molar-refractivity contribution in [2.75, 3.05) is 5.32 Å². The second kappa shape index (κ2) is 7.43. The van der Waals surface area contributed by atoms with Crippen molar-refractivity contribution in [3.05, 3.63) is 66.2 Å². The summed E-state index contributed by atoms with van der Waals surface area (Å²) in [6.45, 7) is 0. The molecule has 0 aliphatic carbocycles. The zero-order chi connectivity index (χ0) is 16.7. The van der Waals surface area contributed by atoms with E-state index in [2.05, 4.69) is 5.32 Å². The van der Waals surface area contributed by atoms with Crippen LogP contribution in [0.3, 0.4) is 0 Å². The molecule has 2 N–H and O–H groups in total. The number of anilines is 1. The summed E-state index contributed by atoms with van der Waals surface area (Å²) in [4.78, 5) is 21.7. The maximum absolute atomic E-state index is 11.4. The lowest BCUT2D eigenvalue weighted by Crippen LogP contribution is -2.08. The van der Waals surface area contributed by atoms with E-state index in [0.717, 1.165) is 12.2 Å². The van der Waals surface area contributed by atoms with Crippen molar-refractivity contribution in [2.45, 2.75) is 0 Å². The van der Waals surface area contributed by atoms with Crippen LogP contribution >= 0.6 is 0 Å². The van der Waals surface area contributed by atoms with Crippen LogP contribution in [-0.4, -0.2) is 17.0 Å². The first-order valence-electron chi connectivity index (χ1n) is 6.57. The lowest BCUT2D eigenvalue weighted by atomic mass is 10.2. The topological polar surface area (TPSA) is 99.4 Å². The Labute approximate surface area is 132 Å². The van der Waals surface area contributed by atoms with Crippen molar-refractivity contribution >= 4 is 17.6 Å². The largest absolute Gasteiger partial charge is 0.478 e. The van der Waals surface area contributed by atoms with Gasteiger partial charge in [0.15, 0.2) is 0 Å². The third-order valence-corrected chi connectivity index (χ3v) is 2.72. The SMILES string of the molecule is N#Cc1ccc(Oc2ccc(NC(=O)/C=C/C(=O)O)cc2)cc1. The third kappa shape index (κ3) is 5.02. The normalized spacial score (nSPS) is 10.0. The minimum atomic E-state index is -1.19. The van der Waals surface area contributed by atoms with E-state index < -0.39 is 11.9 Å². The number of benzene rings is 2. The van der Waals surface area contributed by atoms with Crippen LogP contribution < -0.4 is 10.1 Å². The van der Waals surface area contributed by atoms with Crippen LogP contribution in [-0.2, 0) is 9.59 Å². The number of nitrogens with zero attached hydrogens (tertiary/aromatic N) is 1. The molecule has 0 fully saturated rings. The summed E-state index contributed by atoms with van der Waals surface area (Å²) in [7, 11) is 0. The van der Waals surface area contributed by atoms with Crippen molar-refractivity contribution in [3.8, 4) is 17.6 Å². The standard InChI is InChI=1S/C17H12N2O4/c18-11-12-1-5-14(6-2-12)23-15-7-3-13(4-8-15)19-16(20)9-10-17(21)22/h1-10H,(H,19,20)(H,21,22)/b10-9+. The molecule has 2 aromatic rings. The number of hydrogen-bond acceptors (Lipinski definition) is 4. The Balaban J connectivity index is 1.97. The van der Waals surface area contributed by atoms with Gasteiger partial charge in [-0.2, -0.15) is 5.26 Å². The number of ether oxygens (including phenoxy) is 1. The summed E-state index contributed by atoms with van der Waals surface area (Å²) >= 11 is 0. The predicted molar refractivity (Wildman–Crippen MR) is 83.1 cm³/mol. The average Bonchev–Trinajstić information content (AvgIpc) is 2.55. The molecule has 114 valence electrons. The average molecular weight is 308 g/mol. The van der Waals surface area contributed by atoms with Crippen LogP contribution in [0, 0.1) is 11.3 Å². The van der Waals surface area contributed by atoms with E-state index in [9.17, 15) is 9.59 Å². The van der Waals surface area contributed by atoms with Gasteiger partial charge in [0.25, 0.3) is 0 Å². The molecule has 0 aliphatic rings. The van der Waals surface area contributed by atoms with E-state index in [-0.39, 0.29) is 0 Å². The number of rotatable bonds is 5. The van der Waals surface area contributed by atoms with Gasteiger partial charge >= 0.3 is 5.97 Å². The van der Waals surface area contributed by atoms with Crippen molar-refractivity contribution in [1.82, 2.24) is 0 Å². The zero-order valence-electron chi connectivity index (χ0n) is 11.9. The number of carbonyl (C=O) groups is 2. The Kier molecular flexibility index (Phi) is 5.10. The molecular formula is C17H12N2O4. The zero-order valence-corrected chi connectivity index (χ0v) is 11.9. The number of nitrogens with one attached hydrogen (secondary N) is 1. The van der Waals surface area contributed by atoms with Crippen LogP contribution in [0.25, 0.3) is 0 Å². The van der Waals surface area contributed by atoms with E-state index in [4.69, 9.17) is 15.1 Å². The number of carboxylic acids is 1. The second-order valence-corrected chi connectivity index (χ2v) is 4.42. The van der Waals surface area contributed by atoms with Gasteiger partial charge in [-0.05, 0) is 48.5 Å². The fourth-order valence-electron chi connectivity index (χ4n) is 1.67. The molecule has 6 heteroatoms. The molecule has 6 nitrogen and oxygen atoms in total. The van der Waals surface area contributed by atoms with Crippen LogP contribution in [0.1, 0.15) is 5.56 Å². The van der Waals surface area contributed by atoms with Gasteiger partial charge in [0, 0.05) is 17.8 Å². The monoisotopic (exact) mass is 308 g/mol. The molecular weight excluding hydrogens is 296 g/mol. The van der Waals surface area contributed by atoms with Crippen LogP contribution in [0.15, 0.2) is 60.7 Å². The molecule has 23 heavy (non-hydrogen) atoms. The highest BCUT2D eigenvalue weighted by atomic mass is 16.5. The smallest absolute Gasteiger partial charge is 0.328 e. The Hall–Kier alpha value is -3.59. The lowest BCUT2D eigenvalue weighted by Gasteiger charge is -2.07. The van der Waals surface area contributed by atoms with E-state index >= 15 is 0 Å². The number of carboxylic acid groups (broad SMARTS) is 1. The number of nitriles is 1. The van der Waals surface area contributed by atoms with Crippen molar-refractivity contribution in [1.29, 1.82) is 5.26 Å². The van der Waals surface area contributed by atoms with Gasteiger partial charge < -0.3 is 15.2 Å². The highest BCUT2D eigenvalue weighted by Crippen LogP contribution is 2.23. The summed E-state index contributed by atoms with van der Waals surface area (Å²) in [5.41, 5.74) is 1.06. The Bertz CT molecular complexity index is 772. The molecule has 0 spiro atoms. The highest BCUT2D eigenvalue weighted by molar-refractivity contribution is 6.02. The molecule has 0 heterocycles. The summed E-state index contributed by atoms with van der Waals surface area (Å²) < 4.78 is 5.60. The third-order valence-electron chi connectivity index (χ3n) is 2.72. The molecule has 0 aliphatic heterocycles. The van der Waals surface area contributed by atoms with Crippen LogP contribution in [0.2, 0.25) is 0 Å². The van der Waals surface area contributed by atoms with E-state index in [1.165, 1.54) is 0 Å². The van der Waals surface area contributed by atoms with Crippen LogP contribution in [0.4, 0.5) is 5.69 Å². The molecule has 0 bridgehead atoms. The molecule has 0 saturated heterocycles. The number of amides is 1. The summed E-state index contributed by atoms with van der Waals surface area (Å²) in [5.74, 6) is -0.571. The van der Waals surface area contributed by atoms with Crippen molar-refractivity contribution < 1.29 is 19.4 Å². The van der Waals surface area contributed by atoms with Gasteiger partial charge in [0.2, 0.25) is 5.91 Å². The maximum Gasteiger partial charge on any atom is 0.328 e. The molecule has 0 aromatic heterocycles. The molecule has 2 rings (SSSR count). The van der Waals surface area contributed by atoms with Gasteiger partial charge in [-0.25, -0.2) is 4.79 Å². The second-order valence-electron chi connectivity index (χ2n) is 4.42. The van der Waals surface area contributed by atoms with Crippen molar-refractivity contribution in [3.63, 3.8) is 0 Å². The lowest BCUT2D eigenvalue weighted by molar-refractivity contribution is -0.131. The summed E-state index contributed by atoms with van der Waals surface area (Å²) in [5, 5.41) is 19.7. The number of hydrogen-bond donors (Lipinski definition) is 2. The minimum absolute atomic E-state index is 0.511. The van der Waals surface area contributed by atoms with E-state index in [0.29, 0.717) is 22.7 Å². The van der Waals surface area contributed by atoms with Gasteiger partial charge in [-0.15, -0.1) is 0 Å². The van der Waals surface area contributed by atoms with E-state index in [1.54, 1.807) is 48.5 Å². The van der Waals surface area contributed by atoms with Crippen LogP contribution in [0.5, 0.6) is 11.5 Å². The maximum atomic E-state index is 11.4. The first kappa shape index (κ1) is 15.8. The molecule has 1 amide bonds. The number of aliphatic carboxylic acids is 1. The first-order chi connectivity index (χ1) is 11.1. The Morgan fingerprint density at radius 3 is 2.09 bits per heavy atom.